The molecule has 0 heterocycles. The Morgan fingerprint density at radius 1 is 0.333 bits per heavy atom. The van der Waals surface area contributed by atoms with Crippen molar-refractivity contribution in [3.63, 3.8) is 0 Å². The van der Waals surface area contributed by atoms with Crippen molar-refractivity contribution in [2.24, 2.45) is 22.2 Å². The molecular weight excluding hydrogens is 997 g/mol. The second kappa shape index (κ2) is 44.6. The summed E-state index contributed by atoms with van der Waals surface area (Å²) in [6.45, 7) is 19.1. The van der Waals surface area contributed by atoms with E-state index in [0.717, 1.165) is 6.42 Å². The van der Waals surface area contributed by atoms with Crippen molar-refractivity contribution in [3.05, 3.63) is 0 Å². The third-order valence-corrected chi connectivity index (χ3v) is 10.1. The SMILES string of the molecule is CCCOCC(COCCO)(COCC(C)C)COCC(C)OC(=O)OC(C)COCC(COCCO)(COCC(C)O)COCC(C)OC(=O)OC(C)COCC(COCCO)(COCC(C)O)COCC(C)O. The van der Waals surface area contributed by atoms with Gasteiger partial charge in [0, 0.05) is 13.2 Å². The zero-order valence-electron chi connectivity index (χ0n) is 46.9. The molecule has 0 aromatic carbocycles. The van der Waals surface area contributed by atoms with Crippen LogP contribution in [0.4, 0.5) is 9.59 Å². The molecule has 0 aromatic heterocycles. The number of aliphatic hydroxyl groups is 6. The molecule has 0 saturated carbocycles. The summed E-state index contributed by atoms with van der Waals surface area (Å²) in [6.07, 6.45) is -6.34. The van der Waals surface area contributed by atoms with Crippen molar-refractivity contribution in [3.8, 4) is 0 Å². The molecule has 9 atom stereocenters. The standard InChI is InChI=1S/C51H100O24/c1-11-15-60-27-49(28-61-16-12-52,31-64-19-39(2)3)35-68-23-43(7)72-47(58)74-45(9)25-70-37-51(30-63-18-14-54,34-67-22-42(6)57)38-71-26-46(10)75-48(59)73-44(8)24-69-36-50(29-62-17-13-53,32-65-20-40(4)55)33-66-21-41(5)56/h39-46,52-57H,11-38H2,1-10H3. The lowest BCUT2D eigenvalue weighted by atomic mass is 9.92. The number of ether oxygens (including phenoxy) is 16. The molecule has 24 heteroatoms. The smallest absolute Gasteiger partial charge is 0.429 e. The normalized spacial score (nSPS) is 17.2. The Balaban J connectivity index is 5.52. The van der Waals surface area contributed by atoms with E-state index in [4.69, 9.17) is 75.8 Å². The lowest BCUT2D eigenvalue weighted by Gasteiger charge is -2.34. The van der Waals surface area contributed by atoms with Crippen LogP contribution in [-0.2, 0) is 75.8 Å². The molecule has 448 valence electrons. The Hall–Kier alpha value is -2.18. The van der Waals surface area contributed by atoms with Crippen LogP contribution in [-0.4, -0.2) is 264 Å². The fourth-order valence-electron chi connectivity index (χ4n) is 6.71. The third-order valence-electron chi connectivity index (χ3n) is 10.1. The monoisotopic (exact) mass is 1100 g/mol. The highest BCUT2D eigenvalue weighted by Crippen LogP contribution is 2.25. The Kier molecular flexibility index (Phi) is 43.4. The molecule has 0 bridgehead atoms. The summed E-state index contributed by atoms with van der Waals surface area (Å²) in [5.41, 5.74) is -2.57. The fourth-order valence-corrected chi connectivity index (χ4v) is 6.71. The van der Waals surface area contributed by atoms with Gasteiger partial charge in [-0.15, -0.1) is 0 Å². The van der Waals surface area contributed by atoms with Crippen molar-refractivity contribution in [2.45, 2.75) is 118 Å². The number of carbonyl (C=O) groups is 2. The first-order chi connectivity index (χ1) is 35.7. The van der Waals surface area contributed by atoms with Gasteiger partial charge in [-0.25, -0.2) is 9.59 Å². The van der Waals surface area contributed by atoms with E-state index >= 15 is 0 Å². The molecule has 0 rings (SSSR count). The zero-order chi connectivity index (χ0) is 56.4. The van der Waals surface area contributed by atoms with Crippen molar-refractivity contribution < 1.29 is 116 Å². The van der Waals surface area contributed by atoms with E-state index in [1.54, 1.807) is 48.5 Å². The van der Waals surface area contributed by atoms with E-state index in [9.17, 15) is 40.2 Å². The molecule has 0 fully saturated rings. The molecule has 0 aliphatic heterocycles. The van der Waals surface area contributed by atoms with Gasteiger partial charge in [0.25, 0.3) is 0 Å². The predicted octanol–water partition coefficient (Wildman–Crippen LogP) is 2.19. The van der Waals surface area contributed by atoms with E-state index in [-0.39, 0.29) is 152 Å². The van der Waals surface area contributed by atoms with E-state index < -0.39 is 71.3 Å². The van der Waals surface area contributed by atoms with Gasteiger partial charge in [0.15, 0.2) is 0 Å². The van der Waals surface area contributed by atoms with Gasteiger partial charge < -0.3 is 106 Å². The predicted molar refractivity (Wildman–Crippen MR) is 272 cm³/mol. The summed E-state index contributed by atoms with van der Waals surface area (Å²) in [7, 11) is 0. The van der Waals surface area contributed by atoms with Crippen molar-refractivity contribution in [1.29, 1.82) is 0 Å². The lowest BCUT2D eigenvalue weighted by Crippen LogP contribution is -2.44. The molecule has 24 nitrogen and oxygen atoms in total. The third kappa shape index (κ3) is 39.8. The van der Waals surface area contributed by atoms with Gasteiger partial charge in [0.2, 0.25) is 0 Å². The highest BCUT2D eigenvalue weighted by atomic mass is 16.7. The average molecular weight is 1100 g/mol. The minimum atomic E-state index is -1.01. The highest BCUT2D eigenvalue weighted by molar-refractivity contribution is 5.60. The van der Waals surface area contributed by atoms with Crippen molar-refractivity contribution >= 4 is 12.3 Å². The maximum Gasteiger partial charge on any atom is 0.508 e. The second-order valence-corrected chi connectivity index (χ2v) is 20.2. The molecule has 0 amide bonds. The van der Waals surface area contributed by atoms with Crippen molar-refractivity contribution in [1.82, 2.24) is 0 Å². The minimum absolute atomic E-state index is 0.00168. The Bertz CT molecular complexity index is 1320. The Morgan fingerprint density at radius 2 is 0.547 bits per heavy atom. The van der Waals surface area contributed by atoms with Crippen LogP contribution < -0.4 is 0 Å². The molecule has 0 aliphatic carbocycles. The molecule has 6 N–H and O–H groups in total. The molecular formula is C51H100O24. The van der Waals surface area contributed by atoms with Crippen LogP contribution in [0.25, 0.3) is 0 Å². The minimum Gasteiger partial charge on any atom is -0.429 e. The zero-order valence-corrected chi connectivity index (χ0v) is 46.9. The van der Waals surface area contributed by atoms with E-state index in [1.807, 2.05) is 6.92 Å². The van der Waals surface area contributed by atoms with Gasteiger partial charge in [-0.1, -0.05) is 20.8 Å². The molecule has 0 spiro atoms. The number of carbonyl (C=O) groups excluding carboxylic acids is 2. The first-order valence-electron chi connectivity index (χ1n) is 26.2. The number of aliphatic hydroxyl groups excluding tert-OH is 6. The van der Waals surface area contributed by atoms with Crippen LogP contribution in [0.1, 0.15) is 75.7 Å². The highest BCUT2D eigenvalue weighted by Gasteiger charge is 2.36. The molecule has 0 aromatic rings. The maximum absolute atomic E-state index is 12.8. The van der Waals surface area contributed by atoms with E-state index in [2.05, 4.69) is 13.8 Å². The van der Waals surface area contributed by atoms with Crippen LogP contribution in [0, 0.1) is 22.2 Å². The van der Waals surface area contributed by atoms with Gasteiger partial charge in [0.05, 0.1) is 200 Å². The number of hydrogen-bond donors (Lipinski definition) is 6. The summed E-state index contributed by atoms with van der Waals surface area (Å²) in [5.74, 6) is 0.312. The molecule has 0 radical (unpaired) electrons. The Labute approximate surface area is 446 Å². The van der Waals surface area contributed by atoms with Gasteiger partial charge in [-0.2, -0.15) is 0 Å². The van der Waals surface area contributed by atoms with Gasteiger partial charge in [-0.05, 0) is 60.8 Å². The van der Waals surface area contributed by atoms with Crippen LogP contribution in [0.15, 0.2) is 0 Å². The molecule has 9 unspecified atom stereocenters. The van der Waals surface area contributed by atoms with Gasteiger partial charge in [-0.3, -0.25) is 0 Å². The number of hydrogen-bond acceptors (Lipinski definition) is 24. The fraction of sp³-hybridized carbons (Fsp3) is 0.961. The van der Waals surface area contributed by atoms with Crippen LogP contribution in [0.3, 0.4) is 0 Å². The first kappa shape index (κ1) is 72.8. The number of rotatable bonds is 52. The van der Waals surface area contributed by atoms with Crippen molar-refractivity contribution in [2.75, 3.05) is 178 Å². The van der Waals surface area contributed by atoms with Gasteiger partial charge in [0.1, 0.15) is 24.4 Å². The molecule has 75 heavy (non-hydrogen) atoms. The van der Waals surface area contributed by atoms with Crippen LogP contribution in [0.5, 0.6) is 0 Å². The summed E-state index contributed by atoms with van der Waals surface area (Å²) in [6, 6.07) is 0. The summed E-state index contributed by atoms with van der Waals surface area (Å²) in [5, 5.41) is 57.5. The van der Waals surface area contributed by atoms with Gasteiger partial charge >= 0.3 is 12.3 Å². The Morgan fingerprint density at radius 3 is 0.760 bits per heavy atom. The second-order valence-electron chi connectivity index (χ2n) is 20.2. The van der Waals surface area contributed by atoms with E-state index in [0.29, 0.717) is 32.3 Å². The average Bonchev–Trinajstić information content (AvgIpc) is 3.31. The topological polar surface area (TPSA) is 303 Å². The van der Waals surface area contributed by atoms with E-state index in [1.165, 1.54) is 0 Å². The maximum atomic E-state index is 12.8. The quantitative estimate of drug-likeness (QED) is 0.0376. The largest absolute Gasteiger partial charge is 0.508 e. The molecule has 0 saturated heterocycles. The summed E-state index contributed by atoms with van der Waals surface area (Å²) < 4.78 is 92.1. The van der Waals surface area contributed by atoms with Crippen LogP contribution >= 0.6 is 0 Å². The van der Waals surface area contributed by atoms with Crippen LogP contribution in [0.2, 0.25) is 0 Å². The summed E-state index contributed by atoms with van der Waals surface area (Å²) >= 11 is 0. The first-order valence-corrected chi connectivity index (χ1v) is 26.2. The molecule has 0 aliphatic rings. The lowest BCUT2D eigenvalue weighted by molar-refractivity contribution is -0.132. The summed E-state index contributed by atoms with van der Waals surface area (Å²) in [4.78, 5) is 25.7.